The van der Waals surface area contributed by atoms with Crippen molar-refractivity contribution in [1.82, 2.24) is 0 Å². The Morgan fingerprint density at radius 1 is 0.667 bits per heavy atom. The Morgan fingerprint density at radius 2 is 1.00 bits per heavy atom. The first-order valence-corrected chi connectivity index (χ1v) is 10.1. The van der Waals surface area contributed by atoms with Crippen molar-refractivity contribution in [3.05, 3.63) is 53.7 Å². The fourth-order valence-electron chi connectivity index (χ4n) is 2.21. The number of benzene rings is 2. The average Bonchev–Trinajstić information content (AvgIpc) is 2.37. The van der Waals surface area contributed by atoms with E-state index in [1.54, 1.807) is 12.1 Å². The minimum atomic E-state index is -3.49. The molecule has 0 aliphatic rings. The van der Waals surface area contributed by atoms with Gasteiger partial charge in [-0.05, 0) is 119 Å². The lowest BCUT2D eigenvalue weighted by atomic mass is 10.2. The SMILES string of the molecule is Cc1cc(S(=O)(=O)c2cc(C)c(I)cc2C)c(C)cc1I. The molecule has 2 rings (SSSR count). The maximum atomic E-state index is 13.0. The van der Waals surface area contributed by atoms with E-state index in [4.69, 9.17) is 0 Å². The molecular formula is C16H16I2O2S. The molecule has 0 unspecified atom stereocenters. The van der Waals surface area contributed by atoms with Gasteiger partial charge < -0.3 is 0 Å². The van der Waals surface area contributed by atoms with Crippen LogP contribution in [-0.4, -0.2) is 8.42 Å². The molecule has 0 bridgehead atoms. The Balaban J connectivity index is 2.74. The van der Waals surface area contributed by atoms with Crippen LogP contribution in [0.2, 0.25) is 0 Å². The minimum Gasteiger partial charge on any atom is -0.218 e. The predicted molar refractivity (Wildman–Crippen MR) is 103 cm³/mol. The van der Waals surface area contributed by atoms with Crippen LogP contribution in [0, 0.1) is 34.8 Å². The van der Waals surface area contributed by atoms with E-state index in [1.165, 1.54) is 0 Å². The highest BCUT2D eigenvalue weighted by Crippen LogP contribution is 2.30. The summed E-state index contributed by atoms with van der Waals surface area (Å²) < 4.78 is 28.2. The van der Waals surface area contributed by atoms with Gasteiger partial charge in [0.05, 0.1) is 9.79 Å². The van der Waals surface area contributed by atoms with Gasteiger partial charge in [0.2, 0.25) is 9.84 Å². The highest BCUT2D eigenvalue weighted by Gasteiger charge is 2.23. The van der Waals surface area contributed by atoms with Crippen LogP contribution in [0.15, 0.2) is 34.1 Å². The predicted octanol–water partition coefficient (Wildman–Crippen LogP) is 4.96. The summed E-state index contributed by atoms with van der Waals surface area (Å²) in [7, 11) is -3.49. The van der Waals surface area contributed by atoms with Crippen LogP contribution in [-0.2, 0) is 9.84 Å². The van der Waals surface area contributed by atoms with Crippen molar-refractivity contribution in [3.63, 3.8) is 0 Å². The molecule has 0 aromatic heterocycles. The third-order valence-electron chi connectivity index (χ3n) is 3.49. The Kier molecular flexibility index (Phi) is 5.04. The van der Waals surface area contributed by atoms with Gasteiger partial charge in [0.25, 0.3) is 0 Å². The highest BCUT2D eigenvalue weighted by molar-refractivity contribution is 14.1. The van der Waals surface area contributed by atoms with Gasteiger partial charge in [-0.1, -0.05) is 0 Å². The zero-order valence-corrected chi connectivity index (χ0v) is 17.4. The van der Waals surface area contributed by atoms with E-state index >= 15 is 0 Å². The summed E-state index contributed by atoms with van der Waals surface area (Å²) in [6.45, 7) is 7.57. The van der Waals surface area contributed by atoms with Crippen LogP contribution in [0.3, 0.4) is 0 Å². The zero-order chi connectivity index (χ0) is 15.9. The van der Waals surface area contributed by atoms with Crippen molar-refractivity contribution in [3.8, 4) is 0 Å². The molecule has 0 radical (unpaired) electrons. The normalized spacial score (nSPS) is 11.7. The second kappa shape index (κ2) is 6.16. The average molecular weight is 526 g/mol. The molecule has 0 saturated carbocycles. The fraction of sp³-hybridized carbons (Fsp3) is 0.250. The molecule has 112 valence electrons. The molecule has 0 saturated heterocycles. The number of hydrogen-bond donors (Lipinski definition) is 0. The van der Waals surface area contributed by atoms with Gasteiger partial charge in [-0.2, -0.15) is 0 Å². The maximum absolute atomic E-state index is 13.0. The molecule has 0 heterocycles. The van der Waals surface area contributed by atoms with E-state index in [9.17, 15) is 8.42 Å². The van der Waals surface area contributed by atoms with Gasteiger partial charge in [0.15, 0.2) is 0 Å². The third-order valence-corrected chi connectivity index (χ3v) is 7.85. The smallest absolute Gasteiger partial charge is 0.207 e. The quantitative estimate of drug-likeness (QED) is 0.519. The summed E-state index contributed by atoms with van der Waals surface area (Å²) in [6, 6.07) is 7.41. The Bertz CT molecular complexity index is 761. The summed E-state index contributed by atoms with van der Waals surface area (Å²) in [5.74, 6) is 0. The molecule has 5 heteroatoms. The zero-order valence-electron chi connectivity index (χ0n) is 12.3. The van der Waals surface area contributed by atoms with E-state index in [1.807, 2.05) is 39.8 Å². The van der Waals surface area contributed by atoms with E-state index in [-0.39, 0.29) is 0 Å². The Morgan fingerprint density at radius 3 is 1.33 bits per heavy atom. The van der Waals surface area contributed by atoms with Crippen LogP contribution in [0.1, 0.15) is 22.3 Å². The van der Waals surface area contributed by atoms with Crippen LogP contribution in [0.4, 0.5) is 0 Å². The summed E-state index contributed by atoms with van der Waals surface area (Å²) in [5.41, 5.74) is 3.56. The lowest BCUT2D eigenvalue weighted by molar-refractivity contribution is 0.594. The lowest BCUT2D eigenvalue weighted by Gasteiger charge is -2.13. The second-order valence-electron chi connectivity index (χ2n) is 5.24. The van der Waals surface area contributed by atoms with Gasteiger partial charge in [0.1, 0.15) is 0 Å². The lowest BCUT2D eigenvalue weighted by Crippen LogP contribution is -2.08. The standard InChI is InChI=1S/C16H16I2O2S/c1-9-7-15(11(3)5-13(9)17)21(19,20)16-8-10(2)14(18)6-12(16)4/h5-8H,1-4H3. The van der Waals surface area contributed by atoms with Crippen LogP contribution < -0.4 is 0 Å². The summed E-state index contributed by atoms with van der Waals surface area (Å²) >= 11 is 4.46. The van der Waals surface area contributed by atoms with Gasteiger partial charge in [0, 0.05) is 7.14 Å². The summed E-state index contributed by atoms with van der Waals surface area (Å²) in [4.78, 5) is 0.813. The number of hydrogen-bond acceptors (Lipinski definition) is 2. The Hall–Kier alpha value is -0.150. The molecule has 2 aromatic rings. The first-order valence-electron chi connectivity index (χ1n) is 6.43. The van der Waals surface area contributed by atoms with Gasteiger partial charge in [-0.15, -0.1) is 0 Å². The second-order valence-corrected chi connectivity index (χ2v) is 9.45. The summed E-state index contributed by atoms with van der Waals surface area (Å²) in [5, 5.41) is 0. The third kappa shape index (κ3) is 3.29. The highest BCUT2D eigenvalue weighted by atomic mass is 127. The van der Waals surface area contributed by atoms with Crippen molar-refractivity contribution in [2.24, 2.45) is 0 Å². The molecule has 0 amide bonds. The molecule has 0 fully saturated rings. The molecule has 2 nitrogen and oxygen atoms in total. The molecule has 0 N–H and O–H groups in total. The number of halogens is 2. The van der Waals surface area contributed by atoms with Crippen molar-refractivity contribution in [2.45, 2.75) is 37.5 Å². The van der Waals surface area contributed by atoms with Crippen LogP contribution in [0.25, 0.3) is 0 Å². The van der Waals surface area contributed by atoms with Crippen molar-refractivity contribution in [2.75, 3.05) is 0 Å². The molecule has 2 aromatic carbocycles. The largest absolute Gasteiger partial charge is 0.218 e. The summed E-state index contributed by atoms with van der Waals surface area (Å²) in [6.07, 6.45) is 0. The monoisotopic (exact) mass is 526 g/mol. The Labute approximate surface area is 153 Å². The molecule has 0 spiro atoms. The van der Waals surface area contributed by atoms with Gasteiger partial charge >= 0.3 is 0 Å². The first kappa shape index (κ1) is 17.2. The number of rotatable bonds is 2. The molecule has 0 aliphatic carbocycles. The number of sulfone groups is 1. The van der Waals surface area contributed by atoms with Crippen molar-refractivity contribution in [1.29, 1.82) is 0 Å². The molecular weight excluding hydrogens is 510 g/mol. The van der Waals surface area contributed by atoms with E-state index in [2.05, 4.69) is 45.2 Å². The van der Waals surface area contributed by atoms with E-state index in [0.29, 0.717) is 9.79 Å². The van der Waals surface area contributed by atoms with E-state index in [0.717, 1.165) is 29.4 Å². The van der Waals surface area contributed by atoms with Crippen molar-refractivity contribution >= 4 is 55.0 Å². The minimum absolute atomic E-state index is 0.407. The van der Waals surface area contributed by atoms with Crippen LogP contribution in [0.5, 0.6) is 0 Å². The fourth-order valence-corrected chi connectivity index (χ4v) is 5.32. The van der Waals surface area contributed by atoms with Crippen LogP contribution >= 0.6 is 45.2 Å². The molecule has 21 heavy (non-hydrogen) atoms. The molecule has 0 aliphatic heterocycles. The van der Waals surface area contributed by atoms with Gasteiger partial charge in [-0.3, -0.25) is 0 Å². The van der Waals surface area contributed by atoms with Gasteiger partial charge in [-0.25, -0.2) is 8.42 Å². The maximum Gasteiger partial charge on any atom is 0.207 e. The van der Waals surface area contributed by atoms with E-state index < -0.39 is 9.84 Å². The first-order chi connectivity index (χ1) is 9.64. The van der Waals surface area contributed by atoms with Crippen molar-refractivity contribution < 1.29 is 8.42 Å². The number of aryl methyl sites for hydroxylation is 4. The topological polar surface area (TPSA) is 34.1 Å². The molecule has 0 atom stereocenters.